The summed E-state index contributed by atoms with van der Waals surface area (Å²) < 4.78 is 48.6. The van der Waals surface area contributed by atoms with Gasteiger partial charge in [-0.05, 0) is 43.0 Å². The van der Waals surface area contributed by atoms with Gasteiger partial charge in [0.15, 0.2) is 5.82 Å². The Morgan fingerprint density at radius 3 is 2.72 bits per heavy atom. The molecular weight excluding hydrogens is 480 g/mol. The molecule has 1 aliphatic carbocycles. The highest BCUT2D eigenvalue weighted by atomic mass is 35.5. The Morgan fingerprint density at radius 1 is 1.19 bits per heavy atom. The largest absolute Gasteiger partial charge is 0.379 e. The molecule has 1 saturated carbocycles. The number of amides is 1. The summed E-state index contributed by atoms with van der Waals surface area (Å²) in [6.45, 7) is 1.14. The number of hydrogen-bond acceptors (Lipinski definition) is 4. The van der Waals surface area contributed by atoms with E-state index >= 15 is 4.39 Å². The van der Waals surface area contributed by atoms with Gasteiger partial charge in [0.2, 0.25) is 0 Å². The summed E-state index contributed by atoms with van der Waals surface area (Å²) in [7, 11) is -4.36. The highest BCUT2D eigenvalue weighted by Crippen LogP contribution is 2.35. The van der Waals surface area contributed by atoms with Crippen molar-refractivity contribution in [2.75, 3.05) is 24.5 Å². The molecule has 0 radical (unpaired) electrons. The summed E-state index contributed by atoms with van der Waals surface area (Å²) in [5.41, 5.74) is 0.115. The molecule has 0 atom stereocenters. The van der Waals surface area contributed by atoms with Crippen molar-refractivity contribution in [3.05, 3.63) is 58.0 Å². The Bertz CT molecular complexity index is 1280. The number of hydrogen-bond donors (Lipinski definition) is 3. The number of H-pyrrole nitrogens is 1. The zero-order valence-electron chi connectivity index (χ0n) is 16.8. The van der Waals surface area contributed by atoms with Gasteiger partial charge in [-0.2, -0.15) is 0 Å². The minimum Gasteiger partial charge on any atom is -0.379 e. The van der Waals surface area contributed by atoms with E-state index in [-0.39, 0.29) is 17.8 Å². The van der Waals surface area contributed by atoms with Crippen LogP contribution in [0.2, 0.25) is 10.0 Å². The number of sulfonamides is 1. The van der Waals surface area contributed by atoms with E-state index in [0.29, 0.717) is 40.1 Å². The molecule has 3 aromatic rings. The average molecular weight is 500 g/mol. The van der Waals surface area contributed by atoms with E-state index in [1.54, 1.807) is 0 Å². The number of nitrogens with one attached hydrogen (secondary N) is 3. The van der Waals surface area contributed by atoms with Crippen LogP contribution in [-0.4, -0.2) is 39.1 Å². The Kier molecular flexibility index (Phi) is 6.62. The van der Waals surface area contributed by atoms with E-state index in [0.717, 1.165) is 18.9 Å². The quantitative estimate of drug-likeness (QED) is 0.375. The lowest BCUT2D eigenvalue weighted by atomic mass is 10.2. The zero-order chi connectivity index (χ0) is 22.9. The molecule has 3 N–H and O–H groups in total. The predicted molar refractivity (Wildman–Crippen MR) is 121 cm³/mol. The first-order valence-corrected chi connectivity index (χ1v) is 12.1. The number of carbonyl (C=O) groups excluding carboxylic acids is 1. The van der Waals surface area contributed by atoms with Crippen LogP contribution >= 0.6 is 23.2 Å². The van der Waals surface area contributed by atoms with Crippen molar-refractivity contribution in [2.24, 2.45) is 5.92 Å². The van der Waals surface area contributed by atoms with Crippen LogP contribution < -0.4 is 10.0 Å². The van der Waals surface area contributed by atoms with Gasteiger partial charge in [-0.25, -0.2) is 12.8 Å². The molecule has 11 heteroatoms. The number of carbonyl (C=O) groups is 1. The second-order valence-electron chi connectivity index (χ2n) is 7.48. The fourth-order valence-corrected chi connectivity index (χ4v) is 4.95. The molecule has 32 heavy (non-hydrogen) atoms. The standard InChI is InChI=1S/C21H20Cl2FN3O4S/c22-14-6-7-16(20-18(14)15(23)10-26-20)27-32(29,30)17-3-1-2-13(19(17)24)21(28)25-8-9-31-11-12-4-5-12/h1-3,6-7,10,12,26-27H,4-5,8-9,11H2,(H,25,28). The number of rotatable bonds is 9. The summed E-state index contributed by atoms with van der Waals surface area (Å²) in [4.78, 5) is 14.6. The highest BCUT2D eigenvalue weighted by Gasteiger charge is 2.25. The molecule has 0 unspecified atom stereocenters. The van der Waals surface area contributed by atoms with Crippen molar-refractivity contribution >= 4 is 55.7 Å². The molecule has 2 aromatic carbocycles. The van der Waals surface area contributed by atoms with Gasteiger partial charge in [0.1, 0.15) is 4.90 Å². The lowest BCUT2D eigenvalue weighted by Gasteiger charge is -2.12. The summed E-state index contributed by atoms with van der Waals surface area (Å²) in [5, 5.41) is 3.63. The van der Waals surface area contributed by atoms with Crippen molar-refractivity contribution in [3.8, 4) is 0 Å². The molecule has 1 aromatic heterocycles. The molecule has 4 rings (SSSR count). The Labute approximate surface area is 194 Å². The van der Waals surface area contributed by atoms with Gasteiger partial charge in [-0.1, -0.05) is 29.3 Å². The van der Waals surface area contributed by atoms with E-state index in [1.807, 2.05) is 0 Å². The second-order valence-corrected chi connectivity index (χ2v) is 9.94. The monoisotopic (exact) mass is 499 g/mol. The van der Waals surface area contributed by atoms with Crippen molar-refractivity contribution in [3.63, 3.8) is 0 Å². The molecule has 1 amide bonds. The van der Waals surface area contributed by atoms with E-state index in [1.165, 1.54) is 30.5 Å². The van der Waals surface area contributed by atoms with Crippen molar-refractivity contribution in [1.82, 2.24) is 10.3 Å². The molecule has 0 saturated heterocycles. The zero-order valence-corrected chi connectivity index (χ0v) is 19.1. The highest BCUT2D eigenvalue weighted by molar-refractivity contribution is 7.92. The number of aromatic amines is 1. The molecule has 0 spiro atoms. The first kappa shape index (κ1) is 22.8. The number of aromatic nitrogens is 1. The van der Waals surface area contributed by atoms with Gasteiger partial charge >= 0.3 is 0 Å². The summed E-state index contributed by atoms with van der Waals surface area (Å²) in [6.07, 6.45) is 3.78. The maximum absolute atomic E-state index is 15.0. The van der Waals surface area contributed by atoms with Gasteiger partial charge in [0.25, 0.3) is 15.9 Å². The smallest absolute Gasteiger partial charge is 0.264 e. The molecule has 1 aliphatic rings. The topological polar surface area (TPSA) is 100 Å². The minimum absolute atomic E-state index is 0.137. The number of anilines is 1. The van der Waals surface area contributed by atoms with Crippen LogP contribution in [0.15, 0.2) is 41.4 Å². The van der Waals surface area contributed by atoms with Gasteiger partial charge in [-0.3, -0.25) is 9.52 Å². The summed E-state index contributed by atoms with van der Waals surface area (Å²) in [6, 6.07) is 6.53. The van der Waals surface area contributed by atoms with E-state index in [4.69, 9.17) is 27.9 Å². The van der Waals surface area contributed by atoms with Crippen molar-refractivity contribution < 1.29 is 22.3 Å². The number of halogens is 3. The Hall–Kier alpha value is -2.33. The predicted octanol–water partition coefficient (Wildman–Crippen LogP) is 4.57. The minimum atomic E-state index is -4.36. The molecular formula is C21H20Cl2FN3O4S. The van der Waals surface area contributed by atoms with Gasteiger partial charge in [0.05, 0.1) is 33.4 Å². The van der Waals surface area contributed by atoms with Crippen molar-refractivity contribution in [1.29, 1.82) is 0 Å². The van der Waals surface area contributed by atoms with Crippen LogP contribution in [0, 0.1) is 11.7 Å². The van der Waals surface area contributed by atoms with Crippen LogP contribution in [0.5, 0.6) is 0 Å². The SMILES string of the molecule is O=C(NCCOCC1CC1)c1cccc(S(=O)(=O)Nc2ccc(Cl)c3c(Cl)c[nH]c23)c1F. The normalized spacial score (nSPS) is 14.0. The van der Waals surface area contributed by atoms with Gasteiger partial charge in [-0.15, -0.1) is 0 Å². The third-order valence-electron chi connectivity index (χ3n) is 5.06. The molecule has 1 fully saturated rings. The third-order valence-corrected chi connectivity index (χ3v) is 7.06. The Balaban J connectivity index is 1.51. The first-order chi connectivity index (χ1) is 15.3. The van der Waals surface area contributed by atoms with E-state index < -0.39 is 26.6 Å². The first-order valence-electron chi connectivity index (χ1n) is 9.90. The molecule has 0 bridgehead atoms. The number of benzene rings is 2. The third kappa shape index (κ3) is 4.85. The van der Waals surface area contributed by atoms with E-state index in [9.17, 15) is 13.2 Å². The van der Waals surface area contributed by atoms with Crippen LogP contribution in [0.1, 0.15) is 23.2 Å². The number of fused-ring (bicyclic) bond motifs is 1. The van der Waals surface area contributed by atoms with Gasteiger partial charge < -0.3 is 15.0 Å². The summed E-state index contributed by atoms with van der Waals surface area (Å²) >= 11 is 12.2. The molecule has 7 nitrogen and oxygen atoms in total. The van der Waals surface area contributed by atoms with Crippen LogP contribution in [0.25, 0.3) is 10.9 Å². The Morgan fingerprint density at radius 2 is 1.97 bits per heavy atom. The second kappa shape index (κ2) is 9.27. The maximum Gasteiger partial charge on any atom is 0.264 e. The number of ether oxygens (including phenoxy) is 1. The maximum atomic E-state index is 15.0. The van der Waals surface area contributed by atoms with Gasteiger partial charge in [0, 0.05) is 24.7 Å². The van der Waals surface area contributed by atoms with Crippen molar-refractivity contribution in [2.45, 2.75) is 17.7 Å². The summed E-state index contributed by atoms with van der Waals surface area (Å²) in [5.74, 6) is -1.27. The lowest BCUT2D eigenvalue weighted by molar-refractivity contribution is 0.0902. The average Bonchev–Trinajstić information content (AvgIpc) is 3.49. The molecule has 0 aliphatic heterocycles. The fourth-order valence-electron chi connectivity index (χ4n) is 3.21. The van der Waals surface area contributed by atoms with Crippen LogP contribution in [-0.2, 0) is 14.8 Å². The lowest BCUT2D eigenvalue weighted by Crippen LogP contribution is -2.29. The van der Waals surface area contributed by atoms with Crippen LogP contribution in [0.3, 0.4) is 0 Å². The fraction of sp³-hybridized carbons (Fsp3) is 0.286. The van der Waals surface area contributed by atoms with E-state index in [2.05, 4.69) is 15.0 Å². The van der Waals surface area contributed by atoms with Crippen LogP contribution in [0.4, 0.5) is 10.1 Å². The molecule has 170 valence electrons. The molecule has 1 heterocycles.